The van der Waals surface area contributed by atoms with Gasteiger partial charge in [0.25, 0.3) is 0 Å². The van der Waals surface area contributed by atoms with Crippen molar-refractivity contribution in [1.82, 2.24) is 28.7 Å². The van der Waals surface area contributed by atoms with Crippen LogP contribution < -0.4 is 0 Å². The lowest BCUT2D eigenvalue weighted by Crippen LogP contribution is -2.00. The van der Waals surface area contributed by atoms with Gasteiger partial charge >= 0.3 is 0 Å². The van der Waals surface area contributed by atoms with Gasteiger partial charge in [0.2, 0.25) is 0 Å². The third kappa shape index (κ3) is 7.91. The Balaban J connectivity index is 0.908. The van der Waals surface area contributed by atoms with Crippen LogP contribution in [-0.4, -0.2) is 28.7 Å². The lowest BCUT2D eigenvalue weighted by Gasteiger charge is -2.12. The van der Waals surface area contributed by atoms with E-state index in [0.29, 0.717) is 17.5 Å². The van der Waals surface area contributed by atoms with Crippen molar-refractivity contribution in [3.8, 4) is 84.6 Å². The highest BCUT2D eigenvalue weighted by Gasteiger charge is 2.21. The van der Waals surface area contributed by atoms with E-state index in [9.17, 15) is 0 Å². The molecule has 0 spiro atoms. The van der Waals surface area contributed by atoms with Crippen molar-refractivity contribution in [2.24, 2.45) is 0 Å². The minimum Gasteiger partial charge on any atom is -0.309 e. The number of aryl methyl sites for hydroxylation is 1. The van der Waals surface area contributed by atoms with Crippen LogP contribution in [0.25, 0.3) is 150 Å². The molecule has 6 heteroatoms. The van der Waals surface area contributed by atoms with Crippen LogP contribution in [0.5, 0.6) is 0 Å². The van der Waals surface area contributed by atoms with E-state index in [1.54, 1.807) is 0 Å². The minimum absolute atomic E-state index is 0.617. The number of fused-ring (bicyclic) bond motifs is 9. The molecule has 0 bridgehead atoms. The third-order valence-corrected chi connectivity index (χ3v) is 16.3. The molecule has 0 aliphatic rings. The summed E-state index contributed by atoms with van der Waals surface area (Å²) in [5.41, 5.74) is 21.2. The molecule has 16 aromatic rings. The van der Waals surface area contributed by atoms with Gasteiger partial charge in [0.15, 0.2) is 17.5 Å². The number of hydrogen-bond acceptors (Lipinski definition) is 3. The number of hydrogen-bond donors (Lipinski definition) is 0. The highest BCUT2D eigenvalue weighted by Crippen LogP contribution is 2.42. The zero-order valence-electron chi connectivity index (χ0n) is 44.8. The molecule has 6 nitrogen and oxygen atoms in total. The average molecular weight is 1050 g/mol. The smallest absolute Gasteiger partial charge is 0.164 e. The van der Waals surface area contributed by atoms with E-state index < -0.39 is 0 Å². The van der Waals surface area contributed by atoms with Crippen molar-refractivity contribution in [3.63, 3.8) is 0 Å². The Morgan fingerprint density at radius 2 is 0.463 bits per heavy atom. The molecule has 4 aromatic heterocycles. The SMILES string of the molecule is Cc1ccc2c(c1)c1cc(-c3ccccc3)ccc1n2-c1ccc2c(c1)c1cc(-n3c4ccc(-c5ccccc5)cc4c4cc(-c5ccccc5)ccc43)ccc1n2-c1ccc(-c2nc(-c3ccccc3)nc(-c3ccccc3)n2)cc1. The van der Waals surface area contributed by atoms with Crippen molar-refractivity contribution >= 4 is 65.4 Å². The second-order valence-electron chi connectivity index (χ2n) is 21.3. The first kappa shape index (κ1) is 47.1. The van der Waals surface area contributed by atoms with Gasteiger partial charge in [0.1, 0.15) is 0 Å². The maximum atomic E-state index is 5.08. The Kier molecular flexibility index (Phi) is 11.0. The molecule has 4 heterocycles. The topological polar surface area (TPSA) is 53.5 Å². The predicted molar refractivity (Wildman–Crippen MR) is 340 cm³/mol. The highest BCUT2D eigenvalue weighted by atomic mass is 15.0. The van der Waals surface area contributed by atoms with Gasteiger partial charge in [-0.1, -0.05) is 181 Å². The molecule has 0 unspecified atom stereocenters. The molecule has 0 aliphatic carbocycles. The Bertz CT molecular complexity index is 4970. The summed E-state index contributed by atoms with van der Waals surface area (Å²) in [5.74, 6) is 1.88. The van der Waals surface area contributed by atoms with E-state index in [1.807, 2.05) is 60.7 Å². The number of aromatic nitrogens is 6. The zero-order chi connectivity index (χ0) is 54.3. The monoisotopic (exact) mass is 1050 g/mol. The maximum Gasteiger partial charge on any atom is 0.164 e. The lowest BCUT2D eigenvalue weighted by atomic mass is 10.0. The summed E-state index contributed by atoms with van der Waals surface area (Å²) in [4.78, 5) is 15.1. The van der Waals surface area contributed by atoms with Crippen molar-refractivity contribution in [1.29, 1.82) is 0 Å². The van der Waals surface area contributed by atoms with Gasteiger partial charge in [-0.2, -0.15) is 0 Å². The number of benzene rings is 12. The van der Waals surface area contributed by atoms with Gasteiger partial charge in [-0.15, -0.1) is 0 Å². The van der Waals surface area contributed by atoms with E-state index in [2.05, 4.69) is 245 Å². The first-order chi connectivity index (χ1) is 40.5. The van der Waals surface area contributed by atoms with Crippen LogP contribution in [0.3, 0.4) is 0 Å². The number of nitrogens with zero attached hydrogens (tertiary/aromatic N) is 6. The quantitative estimate of drug-likeness (QED) is 0.145. The average Bonchev–Trinajstić information content (AvgIpc) is 3.14. The van der Waals surface area contributed by atoms with Crippen LogP contribution in [0.1, 0.15) is 5.56 Å². The van der Waals surface area contributed by atoms with Crippen LogP contribution in [-0.2, 0) is 0 Å². The molecule has 16 rings (SSSR count). The van der Waals surface area contributed by atoms with Gasteiger partial charge in [0.05, 0.1) is 33.1 Å². The molecule has 0 aliphatic heterocycles. The largest absolute Gasteiger partial charge is 0.309 e. The molecule has 0 atom stereocenters. The summed E-state index contributed by atoms with van der Waals surface area (Å²) in [6.45, 7) is 2.18. The molecular weight excluding hydrogens is 997 g/mol. The fraction of sp³-hybridized carbons (Fsp3) is 0.0132. The summed E-state index contributed by atoms with van der Waals surface area (Å²) >= 11 is 0. The van der Waals surface area contributed by atoms with Crippen LogP contribution in [0, 0.1) is 6.92 Å². The van der Waals surface area contributed by atoms with E-state index >= 15 is 0 Å². The van der Waals surface area contributed by atoms with Crippen molar-refractivity contribution < 1.29 is 0 Å². The fourth-order valence-electron chi connectivity index (χ4n) is 12.4. The molecule has 0 fully saturated rings. The normalized spacial score (nSPS) is 11.7. The minimum atomic E-state index is 0.617. The van der Waals surface area contributed by atoms with Crippen molar-refractivity contribution in [2.45, 2.75) is 6.92 Å². The summed E-state index contributed by atoms with van der Waals surface area (Å²) in [6, 6.07) is 103. The first-order valence-corrected chi connectivity index (χ1v) is 27.9. The van der Waals surface area contributed by atoms with E-state index in [0.717, 1.165) is 66.6 Å². The van der Waals surface area contributed by atoms with E-state index in [1.165, 1.54) is 71.5 Å². The third-order valence-electron chi connectivity index (χ3n) is 16.3. The van der Waals surface area contributed by atoms with Crippen LogP contribution in [0.4, 0.5) is 0 Å². The Labute approximate surface area is 473 Å². The summed E-state index contributed by atoms with van der Waals surface area (Å²) in [5, 5.41) is 7.18. The molecule has 0 saturated carbocycles. The Hall–Kier alpha value is -11.0. The summed E-state index contributed by atoms with van der Waals surface area (Å²) < 4.78 is 7.31. The van der Waals surface area contributed by atoms with Gasteiger partial charge < -0.3 is 13.7 Å². The standard InChI is InChI=1S/C76H50N6/c1-49-27-37-68-62(43-49)63-44-56(50-17-7-2-8-18-50)30-38-69(63)81(68)60-35-41-72-66(47-60)67-48-61(82-70-39-31-57(51-19-9-3-10-20-51)45-64(70)65-46-58(32-40-71(65)82)52-21-11-4-12-22-52)36-42-73(67)80(72)59-33-28-55(29-34-59)76-78-74(53-23-13-5-14-24-53)77-75(79-76)54-25-15-6-16-26-54/h2-48H,1H3. The summed E-state index contributed by atoms with van der Waals surface area (Å²) in [7, 11) is 0. The molecule has 82 heavy (non-hydrogen) atoms. The van der Waals surface area contributed by atoms with E-state index in [-0.39, 0.29) is 0 Å². The Morgan fingerprint density at radius 3 is 0.829 bits per heavy atom. The molecule has 0 N–H and O–H groups in total. The van der Waals surface area contributed by atoms with Crippen LogP contribution in [0.2, 0.25) is 0 Å². The van der Waals surface area contributed by atoms with Gasteiger partial charge in [-0.05, 0) is 149 Å². The predicted octanol–water partition coefficient (Wildman–Crippen LogP) is 19.5. The second-order valence-corrected chi connectivity index (χ2v) is 21.3. The van der Waals surface area contributed by atoms with Gasteiger partial charge in [0, 0.05) is 66.1 Å². The lowest BCUT2D eigenvalue weighted by molar-refractivity contribution is 1.07. The maximum absolute atomic E-state index is 5.08. The van der Waals surface area contributed by atoms with Crippen LogP contribution in [0.15, 0.2) is 285 Å². The van der Waals surface area contributed by atoms with E-state index in [4.69, 9.17) is 15.0 Å². The van der Waals surface area contributed by atoms with Gasteiger partial charge in [-0.3, -0.25) is 0 Å². The highest BCUT2D eigenvalue weighted by molar-refractivity contribution is 6.15. The molecule has 0 saturated heterocycles. The number of rotatable bonds is 9. The van der Waals surface area contributed by atoms with Crippen LogP contribution >= 0.6 is 0 Å². The second kappa shape index (κ2) is 19.2. The summed E-state index contributed by atoms with van der Waals surface area (Å²) in [6.07, 6.45) is 0. The van der Waals surface area contributed by atoms with Crippen molar-refractivity contribution in [2.75, 3.05) is 0 Å². The molecule has 0 radical (unpaired) electrons. The fourth-order valence-corrected chi connectivity index (χ4v) is 12.4. The zero-order valence-corrected chi connectivity index (χ0v) is 44.8. The van der Waals surface area contributed by atoms with Gasteiger partial charge in [-0.25, -0.2) is 15.0 Å². The Morgan fingerprint density at radius 1 is 0.207 bits per heavy atom. The van der Waals surface area contributed by atoms with Crippen molar-refractivity contribution in [3.05, 3.63) is 291 Å². The molecule has 0 amide bonds. The molecular formula is C76H50N6. The first-order valence-electron chi connectivity index (χ1n) is 27.9. The molecule has 12 aromatic carbocycles. The molecule has 384 valence electrons.